The van der Waals surface area contributed by atoms with E-state index in [0.29, 0.717) is 16.9 Å². The molecule has 1 aromatic heterocycles. The fourth-order valence-corrected chi connectivity index (χ4v) is 4.15. The van der Waals surface area contributed by atoms with Crippen molar-refractivity contribution in [3.8, 4) is 16.9 Å². The number of para-hydroxylation sites is 2. The number of carbonyl (C=O) groups excluding carboxylic acids is 3. The number of nitrogens with one attached hydrogen (secondary N) is 3. The molecule has 0 saturated heterocycles. The van der Waals surface area contributed by atoms with Crippen molar-refractivity contribution < 1.29 is 14.4 Å². The first-order chi connectivity index (χ1) is 20.4. The highest BCUT2D eigenvalue weighted by Crippen LogP contribution is 2.23. The number of hydrogen-bond acceptors (Lipinski definition) is 5. The van der Waals surface area contributed by atoms with Gasteiger partial charge in [0.15, 0.2) is 0 Å². The lowest BCUT2D eigenvalue weighted by atomic mass is 10.1. The van der Waals surface area contributed by atoms with Gasteiger partial charge in [-0.05, 0) is 50.2 Å². The number of carbonyl (C=O) groups is 3. The van der Waals surface area contributed by atoms with E-state index in [-0.39, 0.29) is 11.3 Å². The summed E-state index contributed by atoms with van der Waals surface area (Å²) in [6.07, 6.45) is 3.24. The fourth-order valence-electron chi connectivity index (χ4n) is 4.15. The molecule has 3 N–H and O–H groups in total. The first kappa shape index (κ1) is 27.7. The molecular formula is C33H28N6O3. The molecule has 9 nitrogen and oxygen atoms in total. The van der Waals surface area contributed by atoms with Crippen LogP contribution < -0.4 is 16.1 Å². The van der Waals surface area contributed by atoms with E-state index in [9.17, 15) is 14.4 Å². The summed E-state index contributed by atoms with van der Waals surface area (Å²) in [5, 5.41) is 14.0. The van der Waals surface area contributed by atoms with Crippen LogP contribution in [0.15, 0.2) is 114 Å². The molecule has 0 aliphatic heterocycles. The molecule has 0 spiro atoms. The molecule has 4 aromatic carbocycles. The Balaban J connectivity index is 1.29. The van der Waals surface area contributed by atoms with Crippen LogP contribution in [0.25, 0.3) is 16.9 Å². The van der Waals surface area contributed by atoms with Crippen molar-refractivity contribution in [3.05, 3.63) is 132 Å². The maximum Gasteiger partial charge on any atom is 0.329 e. The SMILES string of the molecule is Cc1ccc(NC(=O)c2ccccc2NC(=O)C(=O)NN=Cc2cn(-c3ccccc3)nc2-c2ccc(C)cc2)cc1. The number of aromatic nitrogens is 2. The van der Waals surface area contributed by atoms with Crippen LogP contribution in [0.5, 0.6) is 0 Å². The molecule has 0 unspecified atom stereocenters. The van der Waals surface area contributed by atoms with Crippen molar-refractivity contribution in [1.29, 1.82) is 0 Å². The van der Waals surface area contributed by atoms with Crippen molar-refractivity contribution >= 4 is 35.3 Å². The average Bonchev–Trinajstić information content (AvgIpc) is 3.43. The van der Waals surface area contributed by atoms with Gasteiger partial charge in [0.2, 0.25) is 0 Å². The van der Waals surface area contributed by atoms with Crippen LogP contribution in [-0.2, 0) is 9.59 Å². The van der Waals surface area contributed by atoms with Gasteiger partial charge in [0, 0.05) is 23.0 Å². The zero-order valence-corrected chi connectivity index (χ0v) is 23.0. The molecule has 0 fully saturated rings. The van der Waals surface area contributed by atoms with E-state index >= 15 is 0 Å². The number of benzene rings is 4. The fraction of sp³-hybridized carbons (Fsp3) is 0.0606. The van der Waals surface area contributed by atoms with Gasteiger partial charge in [-0.3, -0.25) is 14.4 Å². The van der Waals surface area contributed by atoms with Gasteiger partial charge in [-0.25, -0.2) is 10.1 Å². The highest BCUT2D eigenvalue weighted by atomic mass is 16.2. The Kier molecular flexibility index (Phi) is 8.29. The Morgan fingerprint density at radius 3 is 2.10 bits per heavy atom. The third kappa shape index (κ3) is 6.65. The van der Waals surface area contributed by atoms with E-state index in [1.807, 2.05) is 80.6 Å². The Labute approximate surface area is 242 Å². The summed E-state index contributed by atoms with van der Waals surface area (Å²) in [6, 6.07) is 31.3. The van der Waals surface area contributed by atoms with Crippen molar-refractivity contribution in [1.82, 2.24) is 15.2 Å². The normalized spacial score (nSPS) is 10.8. The molecule has 9 heteroatoms. The largest absolute Gasteiger partial charge is 0.329 e. The van der Waals surface area contributed by atoms with Gasteiger partial charge in [0.25, 0.3) is 5.91 Å². The molecule has 1 heterocycles. The number of hydrogen-bond donors (Lipinski definition) is 3. The van der Waals surface area contributed by atoms with Gasteiger partial charge in [-0.15, -0.1) is 0 Å². The molecule has 0 bridgehead atoms. The zero-order chi connectivity index (χ0) is 29.5. The van der Waals surface area contributed by atoms with Crippen molar-refractivity contribution in [2.24, 2.45) is 5.10 Å². The lowest BCUT2D eigenvalue weighted by Crippen LogP contribution is -2.33. The van der Waals surface area contributed by atoms with Crippen LogP contribution in [0.3, 0.4) is 0 Å². The minimum absolute atomic E-state index is 0.192. The van der Waals surface area contributed by atoms with Crippen molar-refractivity contribution in [2.75, 3.05) is 10.6 Å². The number of anilines is 2. The predicted octanol–water partition coefficient (Wildman–Crippen LogP) is 5.50. The molecule has 208 valence electrons. The number of amides is 3. The molecule has 42 heavy (non-hydrogen) atoms. The first-order valence-corrected chi connectivity index (χ1v) is 13.2. The summed E-state index contributed by atoms with van der Waals surface area (Å²) < 4.78 is 1.73. The van der Waals surface area contributed by atoms with Gasteiger partial charge in [0.05, 0.1) is 23.2 Å². The quantitative estimate of drug-likeness (QED) is 0.139. The monoisotopic (exact) mass is 556 g/mol. The molecule has 0 saturated carbocycles. The second-order valence-electron chi connectivity index (χ2n) is 9.60. The summed E-state index contributed by atoms with van der Waals surface area (Å²) >= 11 is 0. The molecule has 5 rings (SSSR count). The maximum absolute atomic E-state index is 12.9. The smallest absolute Gasteiger partial charge is 0.322 e. The summed E-state index contributed by atoms with van der Waals surface area (Å²) in [6.45, 7) is 3.95. The van der Waals surface area contributed by atoms with Crippen molar-refractivity contribution in [2.45, 2.75) is 13.8 Å². The molecule has 5 aromatic rings. The van der Waals surface area contributed by atoms with E-state index in [2.05, 4.69) is 21.2 Å². The van der Waals surface area contributed by atoms with Crippen LogP contribution in [0.4, 0.5) is 11.4 Å². The van der Waals surface area contributed by atoms with Crippen LogP contribution in [0, 0.1) is 13.8 Å². The second kappa shape index (κ2) is 12.6. The summed E-state index contributed by atoms with van der Waals surface area (Å²) in [7, 11) is 0. The van der Waals surface area contributed by atoms with Crippen LogP contribution >= 0.6 is 0 Å². The molecule has 0 aliphatic rings. The zero-order valence-electron chi connectivity index (χ0n) is 23.0. The van der Waals surface area contributed by atoms with Gasteiger partial charge in [-0.1, -0.05) is 77.9 Å². The van der Waals surface area contributed by atoms with Crippen LogP contribution in [-0.4, -0.2) is 33.7 Å². The number of rotatable bonds is 7. The van der Waals surface area contributed by atoms with Crippen molar-refractivity contribution in [3.63, 3.8) is 0 Å². The van der Waals surface area contributed by atoms with E-state index in [1.54, 1.807) is 47.3 Å². The molecule has 3 amide bonds. The Morgan fingerprint density at radius 1 is 0.738 bits per heavy atom. The molecule has 0 aliphatic carbocycles. The first-order valence-electron chi connectivity index (χ1n) is 13.2. The number of nitrogens with zero attached hydrogens (tertiary/aromatic N) is 3. The van der Waals surface area contributed by atoms with Gasteiger partial charge in [0.1, 0.15) is 5.69 Å². The lowest BCUT2D eigenvalue weighted by molar-refractivity contribution is -0.136. The highest BCUT2D eigenvalue weighted by molar-refractivity contribution is 6.40. The van der Waals surface area contributed by atoms with Crippen LogP contribution in [0.2, 0.25) is 0 Å². The van der Waals surface area contributed by atoms with E-state index in [1.165, 1.54) is 6.21 Å². The van der Waals surface area contributed by atoms with Gasteiger partial charge >= 0.3 is 11.8 Å². The Bertz CT molecular complexity index is 1760. The summed E-state index contributed by atoms with van der Waals surface area (Å²) in [4.78, 5) is 38.2. The summed E-state index contributed by atoms with van der Waals surface area (Å²) in [5.74, 6) is -2.39. The number of aryl methyl sites for hydroxylation is 2. The van der Waals surface area contributed by atoms with Gasteiger partial charge in [-0.2, -0.15) is 10.2 Å². The average molecular weight is 557 g/mol. The van der Waals surface area contributed by atoms with Crippen LogP contribution in [0.1, 0.15) is 27.0 Å². The minimum atomic E-state index is -0.993. The van der Waals surface area contributed by atoms with E-state index < -0.39 is 17.7 Å². The molecular weight excluding hydrogens is 528 g/mol. The molecule has 0 radical (unpaired) electrons. The standard InChI is InChI=1S/C33H28N6O3/c1-22-12-16-24(17-13-22)30-25(21-39(38-30)27-8-4-3-5-9-27)20-34-37-33(42)32(41)36-29-11-7-6-10-28(29)31(40)35-26-18-14-23(2)15-19-26/h3-21H,1-2H3,(H,35,40)(H,36,41)(H,37,42). The summed E-state index contributed by atoms with van der Waals surface area (Å²) in [5.41, 5.74) is 8.49. The number of hydrazone groups is 1. The lowest BCUT2D eigenvalue weighted by Gasteiger charge is -2.11. The van der Waals surface area contributed by atoms with E-state index in [0.717, 1.165) is 22.4 Å². The third-order valence-electron chi connectivity index (χ3n) is 6.39. The Morgan fingerprint density at radius 2 is 1.38 bits per heavy atom. The second-order valence-corrected chi connectivity index (χ2v) is 9.60. The maximum atomic E-state index is 12.9. The Hall–Kier alpha value is -5.83. The highest BCUT2D eigenvalue weighted by Gasteiger charge is 2.18. The third-order valence-corrected chi connectivity index (χ3v) is 6.39. The van der Waals surface area contributed by atoms with Gasteiger partial charge < -0.3 is 10.6 Å². The van der Waals surface area contributed by atoms with E-state index in [4.69, 9.17) is 5.10 Å². The predicted molar refractivity (Wildman–Crippen MR) is 164 cm³/mol. The minimum Gasteiger partial charge on any atom is -0.322 e. The topological polar surface area (TPSA) is 117 Å². The molecule has 0 atom stereocenters.